The number of amides is 1. The molecule has 1 amide bonds. The maximum absolute atomic E-state index is 12.2. The number of anilines is 1. The van der Waals surface area contributed by atoms with Crippen molar-refractivity contribution < 1.29 is 22.7 Å². The molecule has 30 heavy (non-hydrogen) atoms. The number of benzene rings is 2. The summed E-state index contributed by atoms with van der Waals surface area (Å²) < 4.78 is 36.5. The highest BCUT2D eigenvalue weighted by Gasteiger charge is 2.18. The van der Waals surface area contributed by atoms with E-state index < -0.39 is 10.0 Å². The fourth-order valence-electron chi connectivity index (χ4n) is 3.10. The molecule has 0 aliphatic heterocycles. The van der Waals surface area contributed by atoms with Gasteiger partial charge in [-0.3, -0.25) is 9.10 Å². The van der Waals surface area contributed by atoms with Crippen molar-refractivity contribution in [3.63, 3.8) is 0 Å². The van der Waals surface area contributed by atoms with Crippen LogP contribution in [0.15, 0.2) is 42.5 Å². The summed E-state index contributed by atoms with van der Waals surface area (Å²) in [7, 11) is -1.95. The topological polar surface area (TPSA) is 84.9 Å². The second-order valence-electron chi connectivity index (χ2n) is 7.16. The molecule has 0 saturated heterocycles. The fourth-order valence-corrected chi connectivity index (χ4v) is 4.06. The van der Waals surface area contributed by atoms with Crippen LogP contribution in [0.5, 0.6) is 11.5 Å². The Labute approximate surface area is 179 Å². The highest BCUT2D eigenvalue weighted by Crippen LogP contribution is 2.23. The van der Waals surface area contributed by atoms with Gasteiger partial charge in [-0.05, 0) is 55.7 Å². The molecule has 0 unspecified atom stereocenters. The average Bonchev–Trinajstić information content (AvgIpc) is 2.67. The van der Waals surface area contributed by atoms with Crippen LogP contribution in [0.1, 0.15) is 24.0 Å². The first-order valence-electron chi connectivity index (χ1n) is 9.78. The summed E-state index contributed by atoms with van der Waals surface area (Å²) in [5, 5.41) is 2.80. The highest BCUT2D eigenvalue weighted by atomic mass is 32.2. The molecule has 8 heteroatoms. The Hall–Kier alpha value is -2.74. The number of sulfonamides is 1. The van der Waals surface area contributed by atoms with Crippen molar-refractivity contribution in [2.24, 2.45) is 0 Å². The van der Waals surface area contributed by atoms with Crippen LogP contribution in [-0.4, -0.2) is 47.4 Å². The first-order valence-corrected chi connectivity index (χ1v) is 11.6. The number of methoxy groups -OCH3 is 1. The van der Waals surface area contributed by atoms with Crippen molar-refractivity contribution in [3.8, 4) is 11.5 Å². The van der Waals surface area contributed by atoms with Gasteiger partial charge in [-0.25, -0.2) is 8.42 Å². The molecule has 0 aliphatic carbocycles. The number of aryl methyl sites for hydroxylation is 2. The number of hydrogen-bond donors (Lipinski definition) is 1. The van der Waals surface area contributed by atoms with Gasteiger partial charge >= 0.3 is 0 Å². The molecule has 0 radical (unpaired) electrons. The molecule has 164 valence electrons. The molecule has 2 aromatic carbocycles. The van der Waals surface area contributed by atoms with Gasteiger partial charge in [-0.1, -0.05) is 12.1 Å². The second-order valence-corrected chi connectivity index (χ2v) is 9.07. The number of rotatable bonds is 11. The van der Waals surface area contributed by atoms with Crippen LogP contribution in [-0.2, 0) is 14.8 Å². The van der Waals surface area contributed by atoms with Crippen LogP contribution < -0.4 is 19.1 Å². The smallest absolute Gasteiger partial charge is 0.232 e. The Morgan fingerprint density at radius 3 is 2.40 bits per heavy atom. The predicted molar refractivity (Wildman–Crippen MR) is 119 cm³/mol. The van der Waals surface area contributed by atoms with E-state index in [2.05, 4.69) is 11.4 Å². The molecular weight excluding hydrogens is 404 g/mol. The monoisotopic (exact) mass is 434 g/mol. The van der Waals surface area contributed by atoms with Crippen LogP contribution in [0.4, 0.5) is 5.69 Å². The molecule has 0 saturated carbocycles. The van der Waals surface area contributed by atoms with Gasteiger partial charge in [-0.2, -0.15) is 0 Å². The van der Waals surface area contributed by atoms with E-state index in [1.54, 1.807) is 24.3 Å². The minimum absolute atomic E-state index is 0.141. The van der Waals surface area contributed by atoms with E-state index >= 15 is 0 Å². The van der Waals surface area contributed by atoms with Crippen LogP contribution in [0.2, 0.25) is 0 Å². The van der Waals surface area contributed by atoms with Crippen LogP contribution in [0.3, 0.4) is 0 Å². The van der Waals surface area contributed by atoms with E-state index in [1.807, 2.05) is 26.0 Å². The quantitative estimate of drug-likeness (QED) is 0.550. The van der Waals surface area contributed by atoms with Crippen molar-refractivity contribution >= 4 is 21.6 Å². The maximum atomic E-state index is 12.2. The minimum atomic E-state index is -3.47. The molecule has 2 rings (SSSR count). The van der Waals surface area contributed by atoms with Gasteiger partial charge in [0.05, 0.1) is 25.6 Å². The van der Waals surface area contributed by atoms with Crippen molar-refractivity contribution in [2.45, 2.75) is 26.7 Å². The summed E-state index contributed by atoms with van der Waals surface area (Å²) in [6.07, 6.45) is 1.77. The first-order chi connectivity index (χ1) is 14.2. The predicted octanol–water partition coefficient (Wildman–Crippen LogP) is 3.05. The SMILES string of the molecule is COc1cccc(N(CCCC(=O)NCCOc2cc(C)cc(C)c2)S(C)(=O)=O)c1. The van der Waals surface area contributed by atoms with Crippen molar-refractivity contribution in [3.05, 3.63) is 53.6 Å². The molecule has 0 spiro atoms. The van der Waals surface area contributed by atoms with Crippen molar-refractivity contribution in [1.82, 2.24) is 5.32 Å². The van der Waals surface area contributed by atoms with E-state index in [1.165, 1.54) is 11.4 Å². The lowest BCUT2D eigenvalue weighted by atomic mass is 10.1. The molecule has 0 aliphatic rings. The summed E-state index contributed by atoms with van der Waals surface area (Å²) in [4.78, 5) is 12.1. The number of ether oxygens (including phenoxy) is 2. The minimum Gasteiger partial charge on any atom is -0.497 e. The number of carbonyl (C=O) groups is 1. The zero-order chi connectivity index (χ0) is 22.1. The van der Waals surface area contributed by atoms with Gasteiger partial charge < -0.3 is 14.8 Å². The van der Waals surface area contributed by atoms with Crippen LogP contribution >= 0.6 is 0 Å². The zero-order valence-corrected chi connectivity index (χ0v) is 18.8. The number of hydrogen-bond acceptors (Lipinski definition) is 5. The van der Waals surface area contributed by atoms with Gasteiger partial charge in [0.1, 0.15) is 18.1 Å². The van der Waals surface area contributed by atoms with Gasteiger partial charge in [0, 0.05) is 19.0 Å². The largest absolute Gasteiger partial charge is 0.497 e. The van der Waals surface area contributed by atoms with Crippen LogP contribution in [0.25, 0.3) is 0 Å². The summed E-state index contributed by atoms with van der Waals surface area (Å²) in [6, 6.07) is 12.8. The molecule has 2 aromatic rings. The summed E-state index contributed by atoms with van der Waals surface area (Å²) >= 11 is 0. The van der Waals surface area contributed by atoms with Gasteiger partial charge in [0.25, 0.3) is 0 Å². The molecular formula is C22H30N2O5S. The first kappa shape index (κ1) is 23.5. The molecule has 1 N–H and O–H groups in total. The molecule has 7 nitrogen and oxygen atoms in total. The molecule has 0 atom stereocenters. The van der Waals surface area contributed by atoms with E-state index in [9.17, 15) is 13.2 Å². The molecule has 0 heterocycles. The lowest BCUT2D eigenvalue weighted by Gasteiger charge is -2.22. The summed E-state index contributed by atoms with van der Waals surface area (Å²) in [5.41, 5.74) is 2.76. The van der Waals surface area contributed by atoms with E-state index in [0.717, 1.165) is 23.1 Å². The molecule has 0 aromatic heterocycles. The summed E-state index contributed by atoms with van der Waals surface area (Å²) in [6.45, 7) is 4.98. The summed E-state index contributed by atoms with van der Waals surface area (Å²) in [5.74, 6) is 1.21. The van der Waals surface area contributed by atoms with Gasteiger partial charge in [0.2, 0.25) is 15.9 Å². The number of nitrogens with zero attached hydrogens (tertiary/aromatic N) is 1. The molecule has 0 bridgehead atoms. The van der Waals surface area contributed by atoms with Crippen LogP contribution in [0, 0.1) is 13.8 Å². The van der Waals surface area contributed by atoms with Gasteiger partial charge in [0.15, 0.2) is 0 Å². The maximum Gasteiger partial charge on any atom is 0.232 e. The van der Waals surface area contributed by atoms with E-state index in [4.69, 9.17) is 9.47 Å². The fraction of sp³-hybridized carbons (Fsp3) is 0.409. The number of carbonyl (C=O) groups excluding carboxylic acids is 1. The average molecular weight is 435 g/mol. The lowest BCUT2D eigenvalue weighted by Crippen LogP contribution is -2.32. The Morgan fingerprint density at radius 2 is 1.77 bits per heavy atom. The second kappa shape index (κ2) is 10.9. The Bertz CT molecular complexity index is 940. The van der Waals surface area contributed by atoms with Crippen molar-refractivity contribution in [1.29, 1.82) is 0 Å². The molecule has 0 fully saturated rings. The Kier molecular flexibility index (Phi) is 8.53. The third-order valence-electron chi connectivity index (χ3n) is 4.39. The van der Waals surface area contributed by atoms with E-state index in [0.29, 0.717) is 31.0 Å². The standard InChI is InChI=1S/C22H30N2O5S/c1-17-13-18(2)15-21(14-17)29-12-10-23-22(25)9-6-11-24(30(4,26)27)19-7-5-8-20(16-19)28-3/h5,7-8,13-16H,6,9-12H2,1-4H3,(H,23,25). The third-order valence-corrected chi connectivity index (χ3v) is 5.59. The van der Waals surface area contributed by atoms with Gasteiger partial charge in [-0.15, -0.1) is 0 Å². The highest BCUT2D eigenvalue weighted by molar-refractivity contribution is 7.92. The van der Waals surface area contributed by atoms with E-state index in [-0.39, 0.29) is 18.9 Å². The van der Waals surface area contributed by atoms with Crippen molar-refractivity contribution in [2.75, 3.05) is 37.4 Å². The Balaban J connectivity index is 1.78. The Morgan fingerprint density at radius 1 is 1.07 bits per heavy atom. The normalized spacial score (nSPS) is 11.1. The third kappa shape index (κ3) is 7.59. The number of nitrogens with one attached hydrogen (secondary N) is 1. The zero-order valence-electron chi connectivity index (χ0n) is 18.0. The lowest BCUT2D eigenvalue weighted by molar-refractivity contribution is -0.121.